The summed E-state index contributed by atoms with van der Waals surface area (Å²) >= 11 is 1.24. The zero-order chi connectivity index (χ0) is 30.8. The van der Waals surface area contributed by atoms with Crippen LogP contribution in [0.5, 0.6) is 5.75 Å². The average molecular weight is 606 g/mol. The summed E-state index contributed by atoms with van der Waals surface area (Å²) in [6.45, 7) is 0. The monoisotopic (exact) mass is 605 g/mol. The van der Waals surface area contributed by atoms with Crippen molar-refractivity contribution in [2.24, 2.45) is 22.7 Å². The first kappa shape index (κ1) is 28.2. The zero-order valence-corrected chi connectivity index (χ0v) is 22.8. The third kappa shape index (κ3) is 4.20. The molecule has 1 saturated carbocycles. The fourth-order valence-corrected chi connectivity index (χ4v) is 7.02. The molecule has 3 aliphatic rings. The number of hydrogen-bond donors (Lipinski definition) is 7. The normalized spacial score (nSPS) is 23.8. The van der Waals surface area contributed by atoms with E-state index in [1.54, 1.807) is 23.6 Å². The number of quaternary nitrogens is 1. The summed E-state index contributed by atoms with van der Waals surface area (Å²) in [5.41, 5.74) is 3.65. The molecule has 1 aromatic heterocycles. The summed E-state index contributed by atoms with van der Waals surface area (Å²) in [6.07, 6.45) is -0.356. The minimum absolute atomic E-state index is 0.0193. The summed E-state index contributed by atoms with van der Waals surface area (Å²) in [6, 6.07) is 9.17. The predicted molar refractivity (Wildman–Crippen MR) is 152 cm³/mol. The van der Waals surface area contributed by atoms with E-state index in [0.29, 0.717) is 27.6 Å². The van der Waals surface area contributed by atoms with Crippen molar-refractivity contribution in [2.75, 3.05) is 5.32 Å². The molecule has 3 aliphatic carbocycles. The largest absolute Gasteiger partial charge is 0.595 e. The number of aliphatic hydroxyl groups is 2. The van der Waals surface area contributed by atoms with Crippen molar-refractivity contribution in [1.82, 2.24) is 4.98 Å². The minimum Gasteiger partial charge on any atom is -0.595 e. The number of phenols is 1. The van der Waals surface area contributed by atoms with E-state index in [9.17, 15) is 45.0 Å². The number of fused-ring (bicyclic) bond motifs is 3. The quantitative estimate of drug-likeness (QED) is 0.0931. The smallest absolute Gasteiger partial charge is 0.255 e. The lowest BCUT2D eigenvalue weighted by molar-refractivity contribution is -0.991. The number of thiazole rings is 1. The molecule has 43 heavy (non-hydrogen) atoms. The number of rotatable bonds is 6. The molecule has 1 fully saturated rings. The van der Waals surface area contributed by atoms with Gasteiger partial charge in [0.1, 0.15) is 22.8 Å². The molecule has 0 saturated heterocycles. The Balaban J connectivity index is 1.40. The van der Waals surface area contributed by atoms with E-state index < -0.39 is 63.6 Å². The molecule has 4 atom stereocenters. The van der Waals surface area contributed by atoms with E-state index in [2.05, 4.69) is 15.5 Å². The van der Waals surface area contributed by atoms with Crippen molar-refractivity contribution in [2.45, 2.75) is 24.8 Å². The number of aromatic hydroxyl groups is 1. The number of nitrogens with zero attached hydrogens (tertiary/aromatic N) is 2. The van der Waals surface area contributed by atoms with E-state index >= 15 is 0 Å². The number of carbonyl (C=O) groups excluding carboxylic acids is 3. The molecule has 220 valence electrons. The summed E-state index contributed by atoms with van der Waals surface area (Å²) in [5, 5.41) is 60.7. The third-order valence-electron chi connectivity index (χ3n) is 8.24. The molecule has 3 aromatic rings. The Kier molecular flexibility index (Phi) is 6.61. The predicted octanol–water partition coefficient (Wildman–Crippen LogP) is 2.47. The number of primary amides is 1. The van der Waals surface area contributed by atoms with Gasteiger partial charge in [0.05, 0.1) is 11.3 Å². The number of hydrogen-bond acceptors (Lipinski definition) is 13. The van der Waals surface area contributed by atoms with Crippen molar-refractivity contribution in [3.05, 3.63) is 79.9 Å². The second-order valence-electron chi connectivity index (χ2n) is 10.5. The maximum Gasteiger partial charge on any atom is 0.255 e. The fourth-order valence-electron chi connectivity index (χ4n) is 6.29. The number of aliphatic hydroxyl groups excluding tert-OH is 2. The number of Topliss-reactive ketones (excluding diaryl/α,β-unsaturated/α-hetero) is 2. The Morgan fingerprint density at radius 2 is 1.95 bits per heavy atom. The standard InChI is InChI=1S/C28H23N5O9S/c29-26(39)22-19(35)9-13-6-12-8-15-16(30-27-31-17(10-43-27)11-2-1-3-14(7-11)33(41)42)4-5-18(34)21(15)23(36)20(12)24(37)28(13,32-40)25(22)38/h1-5,7,10,12-13,33-34,36,38,41H,6,8-9H2,(H2,29,39)(H,30,31)/t12-,13+,28+/m1/s1. The van der Waals surface area contributed by atoms with E-state index in [-0.39, 0.29) is 35.4 Å². The molecular weight excluding hydrogens is 582 g/mol. The van der Waals surface area contributed by atoms with Gasteiger partial charge in [-0.3, -0.25) is 14.4 Å². The summed E-state index contributed by atoms with van der Waals surface area (Å²) < 4.78 is 0. The zero-order valence-electron chi connectivity index (χ0n) is 22.0. The van der Waals surface area contributed by atoms with E-state index in [1.807, 2.05) is 0 Å². The van der Waals surface area contributed by atoms with E-state index in [0.717, 1.165) is 0 Å². The molecule has 8 N–H and O–H groups in total. The molecule has 15 heteroatoms. The number of benzene rings is 2. The first-order valence-electron chi connectivity index (χ1n) is 13.0. The molecule has 1 heterocycles. The molecule has 2 aromatic carbocycles. The summed E-state index contributed by atoms with van der Waals surface area (Å²) in [4.78, 5) is 55.1. The highest BCUT2D eigenvalue weighted by Crippen LogP contribution is 2.54. The number of nitrogens with two attached hydrogens (primary N) is 1. The van der Waals surface area contributed by atoms with E-state index in [4.69, 9.17) is 5.73 Å². The van der Waals surface area contributed by atoms with Crippen LogP contribution in [0.1, 0.15) is 24.0 Å². The Labute approximate surface area is 245 Å². The highest BCUT2D eigenvalue weighted by Gasteiger charge is 2.63. The number of ketones is 2. The topological polar surface area (TPSA) is 240 Å². The fraction of sp³-hybridized carbons (Fsp3) is 0.214. The number of aromatic nitrogens is 1. The van der Waals surface area contributed by atoms with Crippen LogP contribution in [0, 0.1) is 22.0 Å². The number of amides is 1. The Hall–Kier alpha value is -4.96. The van der Waals surface area contributed by atoms with Crippen molar-refractivity contribution in [3.63, 3.8) is 0 Å². The van der Waals surface area contributed by atoms with Crippen LogP contribution in [0.25, 0.3) is 17.0 Å². The second-order valence-corrected chi connectivity index (χ2v) is 11.4. The van der Waals surface area contributed by atoms with Crippen LogP contribution in [0.15, 0.2) is 63.9 Å². The second kappa shape index (κ2) is 10.1. The van der Waals surface area contributed by atoms with Gasteiger partial charge in [0.2, 0.25) is 11.3 Å². The van der Waals surface area contributed by atoms with E-state index in [1.165, 1.54) is 29.5 Å². The van der Waals surface area contributed by atoms with Crippen LogP contribution in [0.4, 0.5) is 16.5 Å². The van der Waals surface area contributed by atoms with Crippen molar-refractivity contribution in [1.29, 1.82) is 0 Å². The lowest BCUT2D eigenvalue weighted by Crippen LogP contribution is -2.99. The molecular formula is C28H23N5O9S. The molecule has 14 nitrogen and oxygen atoms in total. The maximum atomic E-state index is 13.8. The molecule has 0 spiro atoms. The molecule has 0 aliphatic heterocycles. The van der Waals surface area contributed by atoms with Crippen molar-refractivity contribution >= 4 is 51.1 Å². The van der Waals surface area contributed by atoms with Gasteiger partial charge in [-0.05, 0) is 41.6 Å². The van der Waals surface area contributed by atoms with Crippen LogP contribution >= 0.6 is 11.3 Å². The van der Waals surface area contributed by atoms with Crippen LogP contribution in [-0.4, -0.2) is 48.5 Å². The lowest BCUT2D eigenvalue weighted by atomic mass is 9.58. The van der Waals surface area contributed by atoms with Crippen molar-refractivity contribution in [3.8, 4) is 17.0 Å². The highest BCUT2D eigenvalue weighted by atomic mass is 32.1. The SMILES string of the molecule is NC(=O)C1=C(O)[C@@]2(N=O)C(=O)C3=C(O)c4c(O)ccc(Nc5nc(-c6cccc([NH+]([O-])O)c6)cs5)c4C[C@H]3C[C@H]2CC1=O. The molecule has 0 bridgehead atoms. The first-order chi connectivity index (χ1) is 20.5. The average Bonchev–Trinajstić information content (AvgIpc) is 3.43. The van der Waals surface area contributed by atoms with Gasteiger partial charge in [-0.25, -0.2) is 10.2 Å². The van der Waals surface area contributed by atoms with Gasteiger partial charge >= 0.3 is 0 Å². The lowest BCUT2D eigenvalue weighted by Gasteiger charge is -2.45. The molecule has 6 rings (SSSR count). The van der Waals surface area contributed by atoms with Crippen LogP contribution in [-0.2, 0) is 20.8 Å². The minimum atomic E-state index is -2.52. The summed E-state index contributed by atoms with van der Waals surface area (Å²) in [5.74, 6) is -7.09. The van der Waals surface area contributed by atoms with Gasteiger partial charge in [0.15, 0.2) is 16.6 Å². The number of carbonyl (C=O) groups is 3. The number of nitroso groups, excluding NO2 is 1. The van der Waals surface area contributed by atoms with Gasteiger partial charge in [-0.2, -0.15) is 5.23 Å². The molecule has 1 amide bonds. The molecule has 1 unspecified atom stereocenters. The van der Waals surface area contributed by atoms with Crippen molar-refractivity contribution < 1.29 is 40.1 Å². The van der Waals surface area contributed by atoms with Crippen LogP contribution in [0.3, 0.4) is 0 Å². The van der Waals surface area contributed by atoms with Gasteiger partial charge in [0, 0.05) is 46.7 Å². The van der Waals surface area contributed by atoms with Gasteiger partial charge in [0.25, 0.3) is 5.91 Å². The van der Waals surface area contributed by atoms with Gasteiger partial charge in [-0.15, -0.1) is 16.2 Å². The summed E-state index contributed by atoms with van der Waals surface area (Å²) in [7, 11) is 0. The highest BCUT2D eigenvalue weighted by molar-refractivity contribution is 7.14. The Morgan fingerprint density at radius 1 is 1.19 bits per heavy atom. The third-order valence-corrected chi connectivity index (χ3v) is 9.00. The Bertz CT molecular complexity index is 1810. The molecule has 0 radical (unpaired) electrons. The van der Waals surface area contributed by atoms with Gasteiger partial charge in [-0.1, -0.05) is 12.1 Å². The number of nitrogens with one attached hydrogen (secondary N) is 2. The van der Waals surface area contributed by atoms with Crippen LogP contribution in [0.2, 0.25) is 0 Å². The van der Waals surface area contributed by atoms with Crippen LogP contribution < -0.4 is 16.3 Å². The first-order valence-corrected chi connectivity index (χ1v) is 13.9. The number of phenolic OH excluding ortho intramolecular Hbond substituents is 1. The maximum absolute atomic E-state index is 13.8. The number of anilines is 2. The Morgan fingerprint density at radius 3 is 2.65 bits per heavy atom. The van der Waals surface area contributed by atoms with Gasteiger partial charge < -0.3 is 31.6 Å².